The Bertz CT molecular complexity index is 1310. The molecule has 0 amide bonds. The molecule has 0 fully saturated rings. The van der Waals surface area contributed by atoms with E-state index in [1.807, 2.05) is 0 Å². The number of nitrogen functional groups attached to an aromatic ring is 1. The molecule has 29 heavy (non-hydrogen) atoms. The molecule has 10 nitrogen and oxygen atoms in total. The minimum absolute atomic E-state index is 0.0434. The van der Waals surface area contributed by atoms with E-state index in [0.29, 0.717) is 34.4 Å². The van der Waals surface area contributed by atoms with Gasteiger partial charge in [-0.05, 0) is 30.7 Å². The first-order valence-corrected chi connectivity index (χ1v) is 8.56. The van der Waals surface area contributed by atoms with Crippen LogP contribution in [0.25, 0.3) is 22.3 Å². The van der Waals surface area contributed by atoms with E-state index in [0.717, 1.165) is 5.56 Å². The highest BCUT2D eigenvalue weighted by atomic mass is 16.6. The van der Waals surface area contributed by atoms with Crippen molar-refractivity contribution in [3.05, 3.63) is 69.7 Å². The van der Waals surface area contributed by atoms with Crippen LogP contribution in [-0.2, 0) is 6.54 Å². The molecule has 142 valence electrons. The third-order valence-electron chi connectivity index (χ3n) is 4.47. The lowest BCUT2D eigenvalue weighted by molar-refractivity contribution is -0.385. The average molecular weight is 386 g/mol. The molecule has 0 saturated heterocycles. The van der Waals surface area contributed by atoms with Crippen LogP contribution in [0.15, 0.2) is 42.7 Å². The normalized spacial score (nSPS) is 10.8. The molecule has 0 unspecified atom stereocenters. The summed E-state index contributed by atoms with van der Waals surface area (Å²) < 4.78 is 1.64. The summed E-state index contributed by atoms with van der Waals surface area (Å²) in [6.07, 6.45) is 3.14. The van der Waals surface area contributed by atoms with Crippen LogP contribution in [0.5, 0.6) is 0 Å². The van der Waals surface area contributed by atoms with Gasteiger partial charge in [0.2, 0.25) is 5.95 Å². The molecule has 4 rings (SSSR count). The summed E-state index contributed by atoms with van der Waals surface area (Å²) in [7, 11) is 0. The van der Waals surface area contributed by atoms with Crippen LogP contribution < -0.4 is 5.73 Å². The molecule has 0 bridgehead atoms. The molecule has 3 aromatic heterocycles. The minimum atomic E-state index is -0.413. The Kier molecular flexibility index (Phi) is 4.33. The van der Waals surface area contributed by atoms with Gasteiger partial charge >= 0.3 is 0 Å². The van der Waals surface area contributed by atoms with E-state index in [1.165, 1.54) is 12.3 Å². The number of nitro groups is 1. The van der Waals surface area contributed by atoms with Crippen LogP contribution in [0.3, 0.4) is 0 Å². The van der Waals surface area contributed by atoms with Crippen molar-refractivity contribution in [3.8, 4) is 17.3 Å². The monoisotopic (exact) mass is 386 g/mol. The number of hydrogen-bond donors (Lipinski definition) is 1. The second-order valence-corrected chi connectivity index (χ2v) is 6.36. The van der Waals surface area contributed by atoms with Gasteiger partial charge in [0, 0.05) is 23.4 Å². The predicted molar refractivity (Wildman–Crippen MR) is 105 cm³/mol. The van der Waals surface area contributed by atoms with E-state index in [1.54, 1.807) is 42.1 Å². The van der Waals surface area contributed by atoms with Gasteiger partial charge in [0.25, 0.3) is 5.69 Å². The molecule has 0 saturated carbocycles. The van der Waals surface area contributed by atoms with Crippen molar-refractivity contribution >= 4 is 22.7 Å². The molecular formula is C19H14N8O2. The number of benzene rings is 1. The number of nitro benzene ring substituents is 1. The van der Waals surface area contributed by atoms with Crippen molar-refractivity contribution in [1.29, 1.82) is 5.26 Å². The molecule has 10 heteroatoms. The van der Waals surface area contributed by atoms with Gasteiger partial charge < -0.3 is 5.73 Å². The lowest BCUT2D eigenvalue weighted by atomic mass is 10.1. The van der Waals surface area contributed by atoms with Crippen LogP contribution >= 0.6 is 0 Å². The van der Waals surface area contributed by atoms with Gasteiger partial charge in [-0.25, -0.2) is 14.6 Å². The number of nitrogens with two attached hydrogens (primary N) is 1. The van der Waals surface area contributed by atoms with E-state index in [9.17, 15) is 15.4 Å². The number of rotatable bonds is 4. The van der Waals surface area contributed by atoms with Gasteiger partial charge in [0.05, 0.1) is 28.7 Å². The van der Waals surface area contributed by atoms with Crippen LogP contribution in [0, 0.1) is 28.4 Å². The second-order valence-electron chi connectivity index (χ2n) is 6.36. The first-order valence-electron chi connectivity index (χ1n) is 8.56. The summed E-state index contributed by atoms with van der Waals surface area (Å²) in [5.41, 5.74) is 9.11. The standard InChI is InChI=1S/C19H14N8O2/c1-11-7-12(4-5-16(11)27(28)29)10-26-18-14(9-23-26)17(24-19(21)25-18)13-3-2-6-22-15(13)8-20/h2-7,9H,10H2,1H3,(H2,21,24,25). The quantitative estimate of drug-likeness (QED) is 0.415. The second kappa shape index (κ2) is 6.97. The molecule has 4 aromatic rings. The number of aryl methyl sites for hydroxylation is 1. The molecule has 0 radical (unpaired) electrons. The summed E-state index contributed by atoms with van der Waals surface area (Å²) in [5, 5.41) is 25.4. The topological polar surface area (TPSA) is 149 Å². The molecular weight excluding hydrogens is 372 g/mol. The zero-order valence-electron chi connectivity index (χ0n) is 15.3. The van der Waals surface area contributed by atoms with Gasteiger partial charge in [0.1, 0.15) is 11.8 Å². The molecule has 0 aliphatic rings. The van der Waals surface area contributed by atoms with Crippen LogP contribution in [0.4, 0.5) is 11.6 Å². The van der Waals surface area contributed by atoms with E-state index in [2.05, 4.69) is 26.1 Å². The summed E-state index contributed by atoms with van der Waals surface area (Å²) in [4.78, 5) is 23.3. The van der Waals surface area contributed by atoms with E-state index >= 15 is 0 Å². The summed E-state index contributed by atoms with van der Waals surface area (Å²) >= 11 is 0. The first-order chi connectivity index (χ1) is 14.0. The first kappa shape index (κ1) is 18.0. The summed E-state index contributed by atoms with van der Waals surface area (Å²) in [5.74, 6) is 0.0434. The van der Waals surface area contributed by atoms with Crippen LogP contribution in [-0.4, -0.2) is 29.7 Å². The predicted octanol–water partition coefficient (Wildman–Crippen LogP) is 2.61. The zero-order chi connectivity index (χ0) is 20.5. The van der Waals surface area contributed by atoms with Crippen molar-refractivity contribution in [3.63, 3.8) is 0 Å². The van der Waals surface area contributed by atoms with Crippen LogP contribution in [0.2, 0.25) is 0 Å². The van der Waals surface area contributed by atoms with Crippen molar-refractivity contribution < 1.29 is 4.92 Å². The van der Waals surface area contributed by atoms with Gasteiger partial charge in [0.15, 0.2) is 5.65 Å². The fourth-order valence-corrected chi connectivity index (χ4v) is 3.17. The van der Waals surface area contributed by atoms with E-state index in [-0.39, 0.29) is 17.3 Å². The maximum absolute atomic E-state index is 11.0. The number of nitriles is 1. The molecule has 0 spiro atoms. The highest BCUT2D eigenvalue weighted by molar-refractivity contribution is 5.92. The highest BCUT2D eigenvalue weighted by Gasteiger charge is 2.17. The van der Waals surface area contributed by atoms with Crippen molar-refractivity contribution in [1.82, 2.24) is 24.7 Å². The van der Waals surface area contributed by atoms with Crippen molar-refractivity contribution in [2.45, 2.75) is 13.5 Å². The fraction of sp³-hybridized carbons (Fsp3) is 0.105. The Morgan fingerprint density at radius 3 is 2.86 bits per heavy atom. The number of fused-ring (bicyclic) bond motifs is 1. The number of nitrogens with zero attached hydrogens (tertiary/aromatic N) is 7. The number of aromatic nitrogens is 5. The van der Waals surface area contributed by atoms with Crippen molar-refractivity contribution in [2.24, 2.45) is 0 Å². The smallest absolute Gasteiger partial charge is 0.272 e. The largest absolute Gasteiger partial charge is 0.368 e. The maximum Gasteiger partial charge on any atom is 0.272 e. The zero-order valence-corrected chi connectivity index (χ0v) is 15.3. The molecule has 0 atom stereocenters. The lowest BCUT2D eigenvalue weighted by Crippen LogP contribution is -2.06. The maximum atomic E-state index is 11.0. The number of anilines is 1. The highest BCUT2D eigenvalue weighted by Crippen LogP contribution is 2.29. The number of hydrogen-bond acceptors (Lipinski definition) is 8. The Morgan fingerprint density at radius 2 is 2.14 bits per heavy atom. The molecule has 0 aliphatic carbocycles. The summed E-state index contributed by atoms with van der Waals surface area (Å²) in [6.45, 7) is 2.03. The van der Waals surface area contributed by atoms with Gasteiger partial charge in [-0.1, -0.05) is 6.07 Å². The average Bonchev–Trinajstić information content (AvgIpc) is 3.09. The Balaban J connectivity index is 1.81. The summed E-state index contributed by atoms with van der Waals surface area (Å²) in [6, 6.07) is 10.4. The SMILES string of the molecule is Cc1cc(Cn2ncc3c(-c4cccnc4C#N)nc(N)nc32)ccc1[N+](=O)[O-]. The molecule has 1 aromatic carbocycles. The Hall–Kier alpha value is -4.39. The molecule has 0 aliphatic heterocycles. The van der Waals surface area contributed by atoms with Gasteiger partial charge in [-0.15, -0.1) is 0 Å². The lowest BCUT2D eigenvalue weighted by Gasteiger charge is -2.07. The Morgan fingerprint density at radius 1 is 1.31 bits per heavy atom. The van der Waals surface area contributed by atoms with Gasteiger partial charge in [-0.2, -0.15) is 15.3 Å². The van der Waals surface area contributed by atoms with Crippen LogP contribution in [0.1, 0.15) is 16.8 Å². The van der Waals surface area contributed by atoms with E-state index < -0.39 is 4.92 Å². The van der Waals surface area contributed by atoms with E-state index in [4.69, 9.17) is 5.73 Å². The molecule has 2 N–H and O–H groups in total. The molecule has 3 heterocycles. The number of pyridine rings is 1. The fourth-order valence-electron chi connectivity index (χ4n) is 3.17. The minimum Gasteiger partial charge on any atom is -0.368 e. The Labute approximate surface area is 164 Å². The van der Waals surface area contributed by atoms with Crippen molar-refractivity contribution in [2.75, 3.05) is 5.73 Å². The third-order valence-corrected chi connectivity index (χ3v) is 4.47. The van der Waals surface area contributed by atoms with Gasteiger partial charge in [-0.3, -0.25) is 10.1 Å². The third kappa shape index (κ3) is 3.21.